The molecule has 1 amide bonds. The van der Waals surface area contributed by atoms with E-state index in [-0.39, 0.29) is 23.3 Å². The van der Waals surface area contributed by atoms with Gasteiger partial charge in [-0.3, -0.25) is 14.6 Å². The van der Waals surface area contributed by atoms with Gasteiger partial charge in [0.25, 0.3) is 5.56 Å². The molecule has 1 aliphatic rings. The molecule has 138 valence electrons. The number of pyridine rings is 1. The quantitative estimate of drug-likeness (QED) is 0.587. The first kappa shape index (κ1) is 18.6. The number of hydrogen-bond donors (Lipinski definition) is 1. The molecule has 2 aromatic rings. The van der Waals surface area contributed by atoms with E-state index in [1.54, 1.807) is 18.0 Å². The molecule has 26 heavy (non-hydrogen) atoms. The third-order valence-electron chi connectivity index (χ3n) is 4.06. The van der Waals surface area contributed by atoms with E-state index in [0.717, 1.165) is 25.1 Å². The smallest absolute Gasteiger partial charge is 0.251 e. The molecule has 3 heterocycles. The number of aromatic nitrogens is 3. The Balaban J connectivity index is 1.65. The van der Waals surface area contributed by atoms with Gasteiger partial charge in [0.2, 0.25) is 5.91 Å². The van der Waals surface area contributed by atoms with E-state index < -0.39 is 0 Å². The average molecular weight is 374 g/mol. The number of aryl methyl sites for hydroxylation is 1. The van der Waals surface area contributed by atoms with Crippen molar-refractivity contribution in [1.29, 1.82) is 0 Å². The SMILES string of the molecule is Cc1cc(=O)[nH]c(SCC(=O)N(Cc2ccccn2)C[C@@H]2CCCO2)n1. The lowest BCUT2D eigenvalue weighted by Crippen LogP contribution is -2.38. The van der Waals surface area contributed by atoms with Gasteiger partial charge in [-0.15, -0.1) is 0 Å². The van der Waals surface area contributed by atoms with Crippen molar-refractivity contribution in [3.05, 3.63) is 52.2 Å². The predicted octanol–water partition coefficient (Wildman–Crippen LogP) is 1.77. The minimum atomic E-state index is -0.211. The van der Waals surface area contributed by atoms with Crippen LogP contribution in [-0.4, -0.2) is 50.8 Å². The second-order valence-corrected chi connectivity index (χ2v) is 7.18. The van der Waals surface area contributed by atoms with Crippen molar-refractivity contribution < 1.29 is 9.53 Å². The number of hydrogen-bond acceptors (Lipinski definition) is 6. The fourth-order valence-electron chi connectivity index (χ4n) is 2.82. The monoisotopic (exact) mass is 374 g/mol. The number of nitrogens with one attached hydrogen (secondary N) is 1. The van der Waals surface area contributed by atoms with Gasteiger partial charge in [0.15, 0.2) is 5.16 Å². The Morgan fingerprint density at radius 3 is 3.04 bits per heavy atom. The number of nitrogens with zero attached hydrogens (tertiary/aromatic N) is 3. The summed E-state index contributed by atoms with van der Waals surface area (Å²) in [4.78, 5) is 37.3. The number of aromatic amines is 1. The summed E-state index contributed by atoms with van der Waals surface area (Å²) in [7, 11) is 0. The molecule has 1 fully saturated rings. The van der Waals surface area contributed by atoms with E-state index in [0.29, 0.717) is 23.9 Å². The maximum atomic E-state index is 12.8. The topological polar surface area (TPSA) is 88.2 Å². The minimum absolute atomic E-state index is 0.0275. The molecule has 1 aliphatic heterocycles. The Kier molecular flexibility index (Phi) is 6.40. The van der Waals surface area contributed by atoms with E-state index in [2.05, 4.69) is 15.0 Å². The van der Waals surface area contributed by atoms with Crippen molar-refractivity contribution in [3.8, 4) is 0 Å². The predicted molar refractivity (Wildman–Crippen MR) is 98.9 cm³/mol. The highest BCUT2D eigenvalue weighted by Crippen LogP contribution is 2.17. The summed E-state index contributed by atoms with van der Waals surface area (Å²) in [6.45, 7) is 3.50. The summed E-state index contributed by atoms with van der Waals surface area (Å²) < 4.78 is 5.68. The Hall–Kier alpha value is -2.19. The first-order valence-corrected chi connectivity index (χ1v) is 9.59. The highest BCUT2D eigenvalue weighted by atomic mass is 32.2. The summed E-state index contributed by atoms with van der Waals surface area (Å²) in [6, 6.07) is 7.10. The van der Waals surface area contributed by atoms with Crippen molar-refractivity contribution in [2.24, 2.45) is 0 Å². The molecule has 1 atom stereocenters. The molecule has 0 saturated carbocycles. The molecule has 0 spiro atoms. The van der Waals surface area contributed by atoms with Gasteiger partial charge in [-0.05, 0) is 31.9 Å². The van der Waals surface area contributed by atoms with Gasteiger partial charge in [-0.25, -0.2) is 4.98 Å². The molecule has 7 nitrogen and oxygen atoms in total. The maximum absolute atomic E-state index is 12.8. The Morgan fingerprint density at radius 1 is 1.46 bits per heavy atom. The summed E-state index contributed by atoms with van der Waals surface area (Å²) in [5.74, 6) is 0.173. The summed E-state index contributed by atoms with van der Waals surface area (Å²) in [6.07, 6.45) is 3.79. The molecule has 3 rings (SSSR count). The number of H-pyrrole nitrogens is 1. The van der Waals surface area contributed by atoms with Crippen LogP contribution in [0.1, 0.15) is 24.2 Å². The van der Waals surface area contributed by atoms with Crippen molar-refractivity contribution >= 4 is 17.7 Å². The van der Waals surface area contributed by atoms with Gasteiger partial charge in [0.05, 0.1) is 24.1 Å². The lowest BCUT2D eigenvalue weighted by Gasteiger charge is -2.25. The first-order chi connectivity index (χ1) is 12.6. The number of ether oxygens (including phenoxy) is 1. The lowest BCUT2D eigenvalue weighted by atomic mass is 10.2. The van der Waals surface area contributed by atoms with Crippen LogP contribution >= 0.6 is 11.8 Å². The van der Waals surface area contributed by atoms with E-state index in [9.17, 15) is 9.59 Å². The Labute approximate surface area is 156 Å². The van der Waals surface area contributed by atoms with Crippen LogP contribution < -0.4 is 5.56 Å². The van der Waals surface area contributed by atoms with E-state index in [1.165, 1.54) is 17.8 Å². The second-order valence-electron chi connectivity index (χ2n) is 6.21. The van der Waals surface area contributed by atoms with Crippen LogP contribution in [0.25, 0.3) is 0 Å². The first-order valence-electron chi connectivity index (χ1n) is 8.60. The van der Waals surface area contributed by atoms with Gasteiger partial charge in [-0.2, -0.15) is 0 Å². The van der Waals surface area contributed by atoms with Crippen LogP contribution in [0, 0.1) is 6.92 Å². The fraction of sp³-hybridized carbons (Fsp3) is 0.444. The van der Waals surface area contributed by atoms with Gasteiger partial charge in [0, 0.05) is 31.1 Å². The third-order valence-corrected chi connectivity index (χ3v) is 4.92. The number of carbonyl (C=O) groups is 1. The molecule has 2 aromatic heterocycles. The van der Waals surface area contributed by atoms with Crippen molar-refractivity contribution in [3.63, 3.8) is 0 Å². The number of amides is 1. The van der Waals surface area contributed by atoms with E-state index in [1.807, 2.05) is 18.2 Å². The van der Waals surface area contributed by atoms with Gasteiger partial charge in [-0.1, -0.05) is 17.8 Å². The van der Waals surface area contributed by atoms with Gasteiger partial charge < -0.3 is 14.6 Å². The van der Waals surface area contributed by atoms with Crippen molar-refractivity contribution in [1.82, 2.24) is 19.9 Å². The zero-order valence-electron chi connectivity index (χ0n) is 14.7. The van der Waals surface area contributed by atoms with Crippen LogP contribution in [0.3, 0.4) is 0 Å². The molecule has 0 unspecified atom stereocenters. The zero-order chi connectivity index (χ0) is 18.4. The van der Waals surface area contributed by atoms with Crippen LogP contribution in [0.4, 0.5) is 0 Å². The maximum Gasteiger partial charge on any atom is 0.251 e. The molecular formula is C18H22N4O3S. The summed E-state index contributed by atoms with van der Waals surface area (Å²) in [5, 5.41) is 0.457. The molecule has 1 saturated heterocycles. The normalized spacial score (nSPS) is 16.6. The number of rotatable bonds is 7. The summed E-state index contributed by atoms with van der Waals surface area (Å²) >= 11 is 1.23. The van der Waals surface area contributed by atoms with Gasteiger partial charge in [0.1, 0.15) is 0 Å². The van der Waals surface area contributed by atoms with Crippen molar-refractivity contribution in [2.75, 3.05) is 18.9 Å². The zero-order valence-corrected chi connectivity index (χ0v) is 15.5. The van der Waals surface area contributed by atoms with Crippen LogP contribution in [-0.2, 0) is 16.1 Å². The lowest BCUT2D eigenvalue weighted by molar-refractivity contribution is -0.130. The molecule has 0 aromatic carbocycles. The molecule has 0 radical (unpaired) electrons. The molecular weight excluding hydrogens is 352 g/mol. The van der Waals surface area contributed by atoms with Crippen LogP contribution in [0.15, 0.2) is 40.4 Å². The number of carbonyl (C=O) groups excluding carboxylic acids is 1. The van der Waals surface area contributed by atoms with E-state index in [4.69, 9.17) is 4.74 Å². The second kappa shape index (κ2) is 8.95. The van der Waals surface area contributed by atoms with Crippen LogP contribution in [0.5, 0.6) is 0 Å². The van der Waals surface area contributed by atoms with Gasteiger partial charge >= 0.3 is 0 Å². The average Bonchev–Trinajstić information content (AvgIpc) is 3.12. The van der Waals surface area contributed by atoms with Crippen LogP contribution in [0.2, 0.25) is 0 Å². The third kappa shape index (κ3) is 5.40. The highest BCUT2D eigenvalue weighted by Gasteiger charge is 2.23. The van der Waals surface area contributed by atoms with E-state index >= 15 is 0 Å². The molecule has 0 bridgehead atoms. The summed E-state index contributed by atoms with van der Waals surface area (Å²) in [5.41, 5.74) is 1.26. The largest absolute Gasteiger partial charge is 0.376 e. The standard InChI is InChI=1S/C18H22N4O3S/c1-13-9-16(23)21-18(20-13)26-12-17(24)22(11-15-6-4-8-25-15)10-14-5-2-3-7-19-14/h2-3,5,7,9,15H,4,6,8,10-12H2,1H3,(H,20,21,23)/t15-/m0/s1. The highest BCUT2D eigenvalue weighted by molar-refractivity contribution is 7.99. The Bertz CT molecular complexity index is 791. The van der Waals surface area contributed by atoms with Crippen molar-refractivity contribution in [2.45, 2.75) is 37.6 Å². The fourth-order valence-corrected chi connectivity index (χ4v) is 3.64. The Morgan fingerprint density at radius 2 is 2.35 bits per heavy atom. The minimum Gasteiger partial charge on any atom is -0.376 e. The molecule has 0 aliphatic carbocycles. The number of thioether (sulfide) groups is 1. The molecule has 8 heteroatoms. The molecule has 1 N–H and O–H groups in total.